The molecule has 0 heterocycles. The Balaban J connectivity index is 1.66. The van der Waals surface area contributed by atoms with Crippen LogP contribution in [0.2, 0.25) is 0 Å². The Morgan fingerprint density at radius 1 is 1.00 bits per heavy atom. The molecule has 0 bridgehead atoms. The van der Waals surface area contributed by atoms with Gasteiger partial charge in [0.25, 0.3) is 11.6 Å². The van der Waals surface area contributed by atoms with Crippen molar-refractivity contribution < 1.29 is 28.7 Å². The number of ether oxygens (including phenoxy) is 3. The molecule has 0 aliphatic rings. The van der Waals surface area contributed by atoms with E-state index >= 15 is 0 Å². The van der Waals surface area contributed by atoms with Gasteiger partial charge < -0.3 is 19.5 Å². The molecule has 0 spiro atoms. The third-order valence-electron chi connectivity index (χ3n) is 3.36. The van der Waals surface area contributed by atoms with Crippen molar-refractivity contribution in [1.82, 2.24) is 5.32 Å². The standard InChI is InChI=1S/C18H18N2O7/c1-25-14-6-8-15(9-7-14)26-12-17(21)19-11-10-18(22)27-16-4-2-13(3-5-16)20(23)24/h2-9H,10-12H2,1H3,(H,19,21). The van der Waals surface area contributed by atoms with Gasteiger partial charge in [0.2, 0.25) is 0 Å². The Morgan fingerprint density at radius 2 is 1.59 bits per heavy atom. The van der Waals surface area contributed by atoms with Crippen molar-refractivity contribution in [3.05, 3.63) is 58.6 Å². The van der Waals surface area contributed by atoms with E-state index in [1.54, 1.807) is 31.4 Å². The van der Waals surface area contributed by atoms with E-state index in [1.165, 1.54) is 24.3 Å². The highest BCUT2D eigenvalue weighted by atomic mass is 16.6. The lowest BCUT2D eigenvalue weighted by atomic mass is 10.3. The number of amides is 1. The molecule has 0 saturated heterocycles. The van der Waals surface area contributed by atoms with Crippen LogP contribution in [0.15, 0.2) is 48.5 Å². The van der Waals surface area contributed by atoms with Gasteiger partial charge in [-0.1, -0.05) is 0 Å². The van der Waals surface area contributed by atoms with Crippen LogP contribution in [-0.4, -0.2) is 37.1 Å². The quantitative estimate of drug-likeness (QED) is 0.309. The van der Waals surface area contributed by atoms with Gasteiger partial charge >= 0.3 is 5.97 Å². The smallest absolute Gasteiger partial charge is 0.312 e. The van der Waals surface area contributed by atoms with Gasteiger partial charge in [-0.25, -0.2) is 0 Å². The van der Waals surface area contributed by atoms with E-state index in [0.717, 1.165) is 0 Å². The van der Waals surface area contributed by atoms with Gasteiger partial charge in [0.1, 0.15) is 17.2 Å². The molecule has 0 radical (unpaired) electrons. The molecule has 1 N–H and O–H groups in total. The zero-order valence-electron chi connectivity index (χ0n) is 14.5. The van der Waals surface area contributed by atoms with Gasteiger partial charge in [0, 0.05) is 18.7 Å². The first-order chi connectivity index (χ1) is 13.0. The largest absolute Gasteiger partial charge is 0.497 e. The summed E-state index contributed by atoms with van der Waals surface area (Å²) in [7, 11) is 1.55. The number of rotatable bonds is 9. The van der Waals surface area contributed by atoms with Gasteiger partial charge in [-0.05, 0) is 36.4 Å². The molecule has 0 atom stereocenters. The molecule has 27 heavy (non-hydrogen) atoms. The van der Waals surface area contributed by atoms with Crippen LogP contribution < -0.4 is 19.5 Å². The number of nitro groups is 1. The van der Waals surface area contributed by atoms with Crippen LogP contribution in [0.4, 0.5) is 5.69 Å². The monoisotopic (exact) mass is 374 g/mol. The van der Waals surface area contributed by atoms with Crippen molar-refractivity contribution in [2.24, 2.45) is 0 Å². The van der Waals surface area contributed by atoms with Crippen LogP contribution in [-0.2, 0) is 9.59 Å². The SMILES string of the molecule is COc1ccc(OCC(=O)NCCC(=O)Oc2ccc([N+](=O)[O-])cc2)cc1. The minimum Gasteiger partial charge on any atom is -0.497 e. The predicted octanol–water partition coefficient (Wildman–Crippen LogP) is 2.09. The van der Waals surface area contributed by atoms with Crippen molar-refractivity contribution >= 4 is 17.6 Å². The molecule has 9 nitrogen and oxygen atoms in total. The number of hydrogen-bond donors (Lipinski definition) is 1. The summed E-state index contributed by atoms with van der Waals surface area (Å²) in [5.41, 5.74) is -0.0982. The predicted molar refractivity (Wildman–Crippen MR) is 94.8 cm³/mol. The number of nitro benzene ring substituents is 1. The zero-order chi connectivity index (χ0) is 19.6. The molecule has 0 aromatic heterocycles. The Morgan fingerprint density at radius 3 is 2.19 bits per heavy atom. The molecule has 2 rings (SSSR count). The minimum atomic E-state index is -0.569. The van der Waals surface area contributed by atoms with E-state index in [-0.39, 0.29) is 36.9 Å². The number of nitrogens with one attached hydrogen (secondary N) is 1. The summed E-state index contributed by atoms with van der Waals surface area (Å²) in [4.78, 5) is 33.4. The van der Waals surface area contributed by atoms with Crippen LogP contribution in [0.3, 0.4) is 0 Å². The average molecular weight is 374 g/mol. The Labute approximate surface area is 155 Å². The van der Waals surface area contributed by atoms with Crippen molar-refractivity contribution in [3.63, 3.8) is 0 Å². The molecule has 0 aliphatic carbocycles. The summed E-state index contributed by atoms with van der Waals surface area (Å²) < 4.78 is 15.4. The molecule has 2 aromatic rings. The highest BCUT2D eigenvalue weighted by molar-refractivity contribution is 5.78. The van der Waals surface area contributed by atoms with Crippen LogP contribution in [0.5, 0.6) is 17.2 Å². The van der Waals surface area contributed by atoms with Crippen LogP contribution in [0.25, 0.3) is 0 Å². The molecule has 142 valence electrons. The molecule has 0 aliphatic heterocycles. The number of nitrogens with zero attached hydrogens (tertiary/aromatic N) is 1. The lowest BCUT2D eigenvalue weighted by Gasteiger charge is -2.08. The zero-order valence-corrected chi connectivity index (χ0v) is 14.5. The second kappa shape index (κ2) is 9.76. The second-order valence-electron chi connectivity index (χ2n) is 5.29. The van der Waals surface area contributed by atoms with Crippen molar-refractivity contribution in [2.75, 3.05) is 20.3 Å². The molecule has 1 amide bonds. The summed E-state index contributed by atoms with van der Waals surface area (Å²) in [6.07, 6.45) is -0.0503. The van der Waals surface area contributed by atoms with E-state index in [9.17, 15) is 19.7 Å². The van der Waals surface area contributed by atoms with Gasteiger partial charge in [-0.3, -0.25) is 19.7 Å². The van der Waals surface area contributed by atoms with Gasteiger partial charge in [0.15, 0.2) is 6.61 Å². The highest BCUT2D eigenvalue weighted by Crippen LogP contribution is 2.18. The lowest BCUT2D eigenvalue weighted by Crippen LogP contribution is -2.31. The molecule has 2 aromatic carbocycles. The number of carbonyl (C=O) groups excluding carboxylic acids is 2. The maximum atomic E-state index is 11.7. The van der Waals surface area contributed by atoms with E-state index < -0.39 is 10.9 Å². The number of hydrogen-bond acceptors (Lipinski definition) is 7. The van der Waals surface area contributed by atoms with E-state index in [4.69, 9.17) is 14.2 Å². The molecular weight excluding hydrogens is 356 g/mol. The van der Waals surface area contributed by atoms with E-state index in [2.05, 4.69) is 5.32 Å². The van der Waals surface area contributed by atoms with Gasteiger partial charge in [-0.15, -0.1) is 0 Å². The molecule has 0 unspecified atom stereocenters. The summed E-state index contributed by atoms with van der Waals surface area (Å²) in [6, 6.07) is 11.9. The van der Waals surface area contributed by atoms with Gasteiger partial charge in [0.05, 0.1) is 18.5 Å². The highest BCUT2D eigenvalue weighted by Gasteiger charge is 2.09. The van der Waals surface area contributed by atoms with Crippen molar-refractivity contribution in [2.45, 2.75) is 6.42 Å². The lowest BCUT2D eigenvalue weighted by molar-refractivity contribution is -0.384. The molecule has 0 fully saturated rings. The Kier molecular flexibility index (Phi) is 7.12. The maximum absolute atomic E-state index is 11.7. The number of non-ortho nitro benzene ring substituents is 1. The fourth-order valence-electron chi connectivity index (χ4n) is 1.99. The first kappa shape index (κ1) is 19.7. The van der Waals surface area contributed by atoms with E-state index in [0.29, 0.717) is 11.5 Å². The van der Waals surface area contributed by atoms with Crippen molar-refractivity contribution in [3.8, 4) is 17.2 Å². The third-order valence-corrected chi connectivity index (χ3v) is 3.36. The van der Waals surface area contributed by atoms with E-state index in [1.807, 2.05) is 0 Å². The Hall–Kier alpha value is -3.62. The van der Waals surface area contributed by atoms with Gasteiger partial charge in [-0.2, -0.15) is 0 Å². The first-order valence-electron chi connectivity index (χ1n) is 7.96. The summed E-state index contributed by atoms with van der Waals surface area (Å²) in [6.45, 7) is -0.111. The topological polar surface area (TPSA) is 117 Å². The summed E-state index contributed by atoms with van der Waals surface area (Å²) >= 11 is 0. The molecule has 9 heteroatoms. The first-order valence-corrected chi connectivity index (χ1v) is 7.96. The van der Waals surface area contributed by atoms with Crippen LogP contribution >= 0.6 is 0 Å². The maximum Gasteiger partial charge on any atom is 0.312 e. The average Bonchev–Trinajstić information content (AvgIpc) is 2.67. The fourth-order valence-corrected chi connectivity index (χ4v) is 1.99. The number of benzene rings is 2. The third kappa shape index (κ3) is 6.65. The summed E-state index contributed by atoms with van der Waals surface area (Å²) in [5.74, 6) is 0.441. The number of carbonyl (C=O) groups is 2. The van der Waals surface area contributed by atoms with Crippen LogP contribution in [0, 0.1) is 10.1 Å². The minimum absolute atomic E-state index is 0.0503. The fraction of sp³-hybridized carbons (Fsp3) is 0.222. The molecule has 0 saturated carbocycles. The molecular formula is C18H18N2O7. The summed E-state index contributed by atoms with van der Waals surface area (Å²) in [5, 5.41) is 13.1. The van der Waals surface area contributed by atoms with Crippen LogP contribution in [0.1, 0.15) is 6.42 Å². The normalized spacial score (nSPS) is 9.96. The van der Waals surface area contributed by atoms with Crippen molar-refractivity contribution in [1.29, 1.82) is 0 Å². The number of methoxy groups -OCH3 is 1. The number of esters is 1. The second-order valence-corrected chi connectivity index (χ2v) is 5.29. The Bertz CT molecular complexity index is 788.